The van der Waals surface area contributed by atoms with E-state index in [4.69, 9.17) is 4.74 Å². The van der Waals surface area contributed by atoms with Crippen LogP contribution in [0.5, 0.6) is 0 Å². The maximum Gasteiger partial charge on any atom is 0.0510 e. The van der Waals surface area contributed by atoms with Crippen molar-refractivity contribution in [2.45, 2.75) is 38.3 Å². The van der Waals surface area contributed by atoms with Crippen molar-refractivity contribution in [3.63, 3.8) is 0 Å². The second-order valence-electron chi connectivity index (χ2n) is 6.26. The van der Waals surface area contributed by atoms with E-state index in [-0.39, 0.29) is 0 Å². The zero-order valence-corrected chi connectivity index (χ0v) is 12.9. The minimum Gasteiger partial charge on any atom is -0.381 e. The molecule has 0 radical (unpaired) electrons. The van der Waals surface area contributed by atoms with Crippen LogP contribution in [0, 0.1) is 5.92 Å². The van der Waals surface area contributed by atoms with Gasteiger partial charge >= 0.3 is 0 Å². The number of rotatable bonds is 6. The average molecular weight is 269 g/mol. The minimum atomic E-state index is 0.595. The lowest BCUT2D eigenvalue weighted by molar-refractivity contribution is 0.118. The zero-order chi connectivity index (χ0) is 13.7. The molecular weight excluding hydrogens is 238 g/mol. The second-order valence-corrected chi connectivity index (χ2v) is 6.26. The molecule has 4 nitrogen and oxygen atoms in total. The predicted molar refractivity (Wildman–Crippen MR) is 79.5 cm³/mol. The van der Waals surface area contributed by atoms with Crippen molar-refractivity contribution in [1.29, 1.82) is 0 Å². The molecule has 2 aliphatic rings. The number of nitrogens with one attached hydrogen (secondary N) is 1. The first-order valence-electron chi connectivity index (χ1n) is 7.90. The molecule has 2 atom stereocenters. The van der Waals surface area contributed by atoms with Gasteiger partial charge in [-0.3, -0.25) is 0 Å². The van der Waals surface area contributed by atoms with Crippen LogP contribution in [0.1, 0.15) is 26.2 Å². The highest BCUT2D eigenvalue weighted by Crippen LogP contribution is 2.20. The molecule has 1 N–H and O–H groups in total. The van der Waals surface area contributed by atoms with Crippen molar-refractivity contribution < 1.29 is 4.74 Å². The van der Waals surface area contributed by atoms with Gasteiger partial charge < -0.3 is 19.9 Å². The van der Waals surface area contributed by atoms with Crippen LogP contribution in [0.4, 0.5) is 0 Å². The molecule has 0 aromatic heterocycles. The van der Waals surface area contributed by atoms with Gasteiger partial charge in [0.25, 0.3) is 0 Å². The molecule has 4 heteroatoms. The molecule has 2 heterocycles. The van der Waals surface area contributed by atoms with E-state index in [1.54, 1.807) is 0 Å². The smallest absolute Gasteiger partial charge is 0.0510 e. The lowest BCUT2D eigenvalue weighted by Crippen LogP contribution is -2.50. The summed E-state index contributed by atoms with van der Waals surface area (Å²) in [7, 11) is 4.53. The molecule has 19 heavy (non-hydrogen) atoms. The first kappa shape index (κ1) is 15.2. The molecule has 2 unspecified atom stereocenters. The van der Waals surface area contributed by atoms with Crippen molar-refractivity contribution >= 4 is 0 Å². The fourth-order valence-electron chi connectivity index (χ4n) is 3.41. The van der Waals surface area contributed by atoms with Crippen molar-refractivity contribution in [2.24, 2.45) is 5.92 Å². The summed E-state index contributed by atoms with van der Waals surface area (Å²) in [4.78, 5) is 5.02. The van der Waals surface area contributed by atoms with Crippen LogP contribution >= 0.6 is 0 Å². The fourth-order valence-corrected chi connectivity index (χ4v) is 3.41. The van der Waals surface area contributed by atoms with E-state index in [0.29, 0.717) is 12.0 Å². The van der Waals surface area contributed by atoms with Gasteiger partial charge in [-0.2, -0.15) is 0 Å². The molecule has 112 valence electrons. The normalized spacial score (nSPS) is 28.1. The van der Waals surface area contributed by atoms with E-state index in [1.807, 2.05) is 0 Å². The van der Waals surface area contributed by atoms with E-state index in [0.717, 1.165) is 32.3 Å². The van der Waals surface area contributed by atoms with E-state index in [2.05, 4.69) is 36.1 Å². The molecule has 2 aliphatic heterocycles. The van der Waals surface area contributed by atoms with Gasteiger partial charge in [0.15, 0.2) is 0 Å². The summed E-state index contributed by atoms with van der Waals surface area (Å²) >= 11 is 0. The van der Waals surface area contributed by atoms with Crippen molar-refractivity contribution in [3.8, 4) is 0 Å². The predicted octanol–water partition coefficient (Wildman–Crippen LogP) is 1.03. The Labute approximate surface area is 118 Å². The summed E-state index contributed by atoms with van der Waals surface area (Å²) in [5.41, 5.74) is 0. The molecular formula is C15H31N3O. The highest BCUT2D eigenvalue weighted by atomic mass is 16.5. The summed E-state index contributed by atoms with van der Waals surface area (Å²) < 4.78 is 5.56. The Bertz CT molecular complexity index is 248. The van der Waals surface area contributed by atoms with Gasteiger partial charge in [0, 0.05) is 31.2 Å². The van der Waals surface area contributed by atoms with Crippen LogP contribution in [0.2, 0.25) is 0 Å². The molecule has 2 rings (SSSR count). The van der Waals surface area contributed by atoms with Gasteiger partial charge in [-0.05, 0) is 53.0 Å². The summed E-state index contributed by atoms with van der Waals surface area (Å²) in [5.74, 6) is 0.702. The topological polar surface area (TPSA) is 27.7 Å². The molecule has 0 saturated carbocycles. The van der Waals surface area contributed by atoms with Gasteiger partial charge in [-0.25, -0.2) is 0 Å². The second kappa shape index (κ2) is 7.58. The van der Waals surface area contributed by atoms with Crippen LogP contribution in [0.15, 0.2) is 0 Å². The Kier molecular flexibility index (Phi) is 6.07. The van der Waals surface area contributed by atoms with Crippen LogP contribution in [0.3, 0.4) is 0 Å². The monoisotopic (exact) mass is 269 g/mol. The molecule has 0 aromatic carbocycles. The first-order valence-corrected chi connectivity index (χ1v) is 7.90. The van der Waals surface area contributed by atoms with E-state index in [9.17, 15) is 0 Å². The third-order valence-electron chi connectivity index (χ3n) is 4.80. The van der Waals surface area contributed by atoms with Gasteiger partial charge in [0.05, 0.1) is 6.61 Å². The average Bonchev–Trinajstić information content (AvgIpc) is 2.92. The number of hydrogen-bond acceptors (Lipinski definition) is 4. The number of hydrogen-bond donors (Lipinski definition) is 1. The number of likely N-dealkylation sites (tertiary alicyclic amines) is 1. The van der Waals surface area contributed by atoms with Crippen LogP contribution in [0.25, 0.3) is 0 Å². The highest BCUT2D eigenvalue weighted by Gasteiger charge is 2.28. The molecule has 2 saturated heterocycles. The molecule has 0 aromatic rings. The van der Waals surface area contributed by atoms with Crippen LogP contribution in [-0.4, -0.2) is 75.4 Å². The lowest BCUT2D eigenvalue weighted by atomic mass is 9.96. The molecule has 0 aliphatic carbocycles. The van der Waals surface area contributed by atoms with Gasteiger partial charge in [0.1, 0.15) is 0 Å². The zero-order valence-electron chi connectivity index (χ0n) is 12.9. The maximum atomic E-state index is 5.56. The number of ether oxygens (including phenoxy) is 1. The Hall–Kier alpha value is -0.160. The quantitative estimate of drug-likeness (QED) is 0.779. The van der Waals surface area contributed by atoms with Gasteiger partial charge in [-0.15, -0.1) is 0 Å². The van der Waals surface area contributed by atoms with Crippen molar-refractivity contribution in [3.05, 3.63) is 0 Å². The molecule has 0 bridgehead atoms. The van der Waals surface area contributed by atoms with E-state index < -0.39 is 0 Å². The Morgan fingerprint density at radius 2 is 2.05 bits per heavy atom. The van der Waals surface area contributed by atoms with Gasteiger partial charge in [-0.1, -0.05) is 6.92 Å². The number of likely N-dealkylation sites (N-methyl/N-ethyl adjacent to an activating group) is 2. The summed E-state index contributed by atoms with van der Waals surface area (Å²) in [5, 5.41) is 3.67. The fraction of sp³-hybridized carbons (Fsp3) is 1.00. The molecule has 0 spiro atoms. The lowest BCUT2D eigenvalue weighted by Gasteiger charge is -2.38. The van der Waals surface area contributed by atoms with E-state index >= 15 is 0 Å². The SMILES string of the molecule is CCNC(CN(C)C1CCN(C)CC1)C1CCOC1. The summed E-state index contributed by atoms with van der Waals surface area (Å²) in [6.45, 7) is 8.81. The van der Waals surface area contributed by atoms with Gasteiger partial charge in [0.2, 0.25) is 0 Å². The minimum absolute atomic E-state index is 0.595. The highest BCUT2D eigenvalue weighted by molar-refractivity contribution is 4.85. The standard InChI is InChI=1S/C15H31N3O/c1-4-16-15(13-7-10-19-12-13)11-18(3)14-5-8-17(2)9-6-14/h13-16H,4-12H2,1-3H3. The maximum absolute atomic E-state index is 5.56. The number of nitrogens with zero attached hydrogens (tertiary/aromatic N) is 2. The molecule has 0 amide bonds. The third-order valence-corrected chi connectivity index (χ3v) is 4.80. The Balaban J connectivity index is 1.81. The number of piperidine rings is 1. The Morgan fingerprint density at radius 3 is 2.63 bits per heavy atom. The first-order chi connectivity index (χ1) is 9.20. The molecule has 2 fully saturated rings. The van der Waals surface area contributed by atoms with Crippen LogP contribution in [-0.2, 0) is 4.74 Å². The third kappa shape index (κ3) is 4.42. The van der Waals surface area contributed by atoms with Crippen molar-refractivity contribution in [1.82, 2.24) is 15.1 Å². The summed E-state index contributed by atoms with van der Waals surface area (Å²) in [6.07, 6.45) is 3.85. The Morgan fingerprint density at radius 1 is 1.32 bits per heavy atom. The van der Waals surface area contributed by atoms with Crippen LogP contribution < -0.4 is 5.32 Å². The largest absolute Gasteiger partial charge is 0.381 e. The van der Waals surface area contributed by atoms with Crippen molar-refractivity contribution in [2.75, 3.05) is 53.5 Å². The van der Waals surface area contributed by atoms with E-state index in [1.165, 1.54) is 32.4 Å². The summed E-state index contributed by atoms with van der Waals surface area (Å²) in [6, 6.07) is 1.36.